The van der Waals surface area contributed by atoms with Crippen molar-refractivity contribution in [2.75, 3.05) is 30.1 Å². The molecule has 0 aliphatic heterocycles. The molecule has 0 aromatic rings. The van der Waals surface area contributed by atoms with Crippen molar-refractivity contribution in [2.24, 2.45) is 5.92 Å². The van der Waals surface area contributed by atoms with E-state index in [0.29, 0.717) is 17.7 Å². The quantitative estimate of drug-likeness (QED) is 0.619. The summed E-state index contributed by atoms with van der Waals surface area (Å²) in [7, 11) is -2.88. The number of rotatable bonds is 9. The average molecular weight is 295 g/mol. The van der Waals surface area contributed by atoms with E-state index in [0.717, 1.165) is 18.6 Å². The van der Waals surface area contributed by atoms with Crippen LogP contribution in [0.5, 0.6) is 0 Å². The zero-order valence-electron chi connectivity index (χ0n) is 11.5. The zero-order valence-corrected chi connectivity index (χ0v) is 13.1. The van der Waals surface area contributed by atoms with E-state index >= 15 is 0 Å². The minimum absolute atomic E-state index is 0.127. The van der Waals surface area contributed by atoms with Crippen molar-refractivity contribution in [1.82, 2.24) is 5.32 Å². The predicted octanol–water partition coefficient (Wildman–Crippen LogP) is 0.903. The van der Waals surface area contributed by atoms with Crippen LogP contribution in [0.2, 0.25) is 0 Å². The van der Waals surface area contributed by atoms with E-state index in [1.165, 1.54) is 6.26 Å². The van der Waals surface area contributed by atoms with Crippen molar-refractivity contribution in [3.8, 4) is 0 Å². The van der Waals surface area contributed by atoms with Gasteiger partial charge in [0.1, 0.15) is 9.84 Å². The second-order valence-corrected chi connectivity index (χ2v) is 8.93. The summed E-state index contributed by atoms with van der Waals surface area (Å²) in [5.41, 5.74) is -0.226. The first-order valence-corrected chi connectivity index (χ1v) is 9.64. The third-order valence-corrected chi connectivity index (χ3v) is 5.59. The minimum atomic E-state index is -2.88. The summed E-state index contributed by atoms with van der Waals surface area (Å²) in [4.78, 5) is 0. The van der Waals surface area contributed by atoms with Gasteiger partial charge in [-0.2, -0.15) is 11.8 Å². The first kappa shape index (κ1) is 16.3. The average Bonchev–Trinajstić information content (AvgIpc) is 3.04. The molecule has 18 heavy (non-hydrogen) atoms. The fourth-order valence-corrected chi connectivity index (χ4v) is 4.77. The van der Waals surface area contributed by atoms with E-state index in [9.17, 15) is 13.5 Å². The van der Waals surface area contributed by atoms with Crippen molar-refractivity contribution in [3.05, 3.63) is 0 Å². The van der Waals surface area contributed by atoms with Gasteiger partial charge in [0.25, 0.3) is 0 Å². The molecule has 1 atom stereocenters. The van der Waals surface area contributed by atoms with Crippen LogP contribution in [0.1, 0.15) is 26.7 Å². The van der Waals surface area contributed by atoms with Gasteiger partial charge >= 0.3 is 0 Å². The van der Waals surface area contributed by atoms with Crippen molar-refractivity contribution in [3.63, 3.8) is 0 Å². The number of sulfone groups is 1. The number of hydrogen-bond donors (Lipinski definition) is 2. The Morgan fingerprint density at radius 3 is 2.44 bits per heavy atom. The molecule has 0 spiro atoms. The number of nitrogens with one attached hydrogen (secondary N) is 1. The van der Waals surface area contributed by atoms with E-state index in [-0.39, 0.29) is 17.9 Å². The van der Waals surface area contributed by atoms with Crippen LogP contribution in [0, 0.1) is 5.92 Å². The molecule has 0 heterocycles. The SMILES string of the molecule is CC(C)NC(CO)(CSCCS(C)(=O)=O)C1CC1. The van der Waals surface area contributed by atoms with Gasteiger partial charge in [-0.3, -0.25) is 0 Å². The summed E-state index contributed by atoms with van der Waals surface area (Å²) in [5.74, 6) is 2.14. The smallest absolute Gasteiger partial charge is 0.148 e. The molecule has 6 heteroatoms. The molecule has 0 radical (unpaired) electrons. The fourth-order valence-electron chi connectivity index (χ4n) is 2.17. The molecule has 1 aliphatic carbocycles. The van der Waals surface area contributed by atoms with Crippen molar-refractivity contribution >= 4 is 21.6 Å². The Morgan fingerprint density at radius 1 is 1.44 bits per heavy atom. The molecule has 0 saturated heterocycles. The second-order valence-electron chi connectivity index (χ2n) is 5.57. The molecule has 0 aromatic heterocycles. The molecule has 1 unspecified atom stereocenters. The lowest BCUT2D eigenvalue weighted by molar-refractivity contribution is 0.150. The van der Waals surface area contributed by atoms with E-state index in [4.69, 9.17) is 0 Å². The Balaban J connectivity index is 2.46. The van der Waals surface area contributed by atoms with Gasteiger partial charge in [0, 0.05) is 23.8 Å². The van der Waals surface area contributed by atoms with Crippen LogP contribution < -0.4 is 5.32 Å². The highest BCUT2D eigenvalue weighted by Crippen LogP contribution is 2.41. The van der Waals surface area contributed by atoms with Gasteiger partial charge in [0.2, 0.25) is 0 Å². The maximum Gasteiger partial charge on any atom is 0.148 e. The van der Waals surface area contributed by atoms with Crippen LogP contribution in [0.15, 0.2) is 0 Å². The topological polar surface area (TPSA) is 66.4 Å². The van der Waals surface area contributed by atoms with Gasteiger partial charge < -0.3 is 10.4 Å². The molecule has 2 N–H and O–H groups in total. The van der Waals surface area contributed by atoms with Gasteiger partial charge in [0.15, 0.2) is 0 Å². The Morgan fingerprint density at radius 2 is 2.06 bits per heavy atom. The number of aliphatic hydroxyl groups is 1. The molecule has 1 rings (SSSR count). The van der Waals surface area contributed by atoms with Crippen LogP contribution >= 0.6 is 11.8 Å². The maximum atomic E-state index is 11.1. The van der Waals surface area contributed by atoms with Crippen LogP contribution in [-0.4, -0.2) is 55.2 Å². The monoisotopic (exact) mass is 295 g/mol. The van der Waals surface area contributed by atoms with E-state index in [1.807, 2.05) is 0 Å². The van der Waals surface area contributed by atoms with Crippen LogP contribution in [0.4, 0.5) is 0 Å². The summed E-state index contributed by atoms with van der Waals surface area (Å²) in [6.45, 7) is 4.28. The lowest BCUT2D eigenvalue weighted by Gasteiger charge is -2.35. The van der Waals surface area contributed by atoms with Gasteiger partial charge in [-0.15, -0.1) is 0 Å². The summed E-state index contributed by atoms with van der Waals surface area (Å²) < 4.78 is 22.1. The van der Waals surface area contributed by atoms with Crippen LogP contribution in [0.25, 0.3) is 0 Å². The zero-order chi connectivity index (χ0) is 13.8. The van der Waals surface area contributed by atoms with Gasteiger partial charge in [-0.05, 0) is 18.8 Å². The molecule has 0 aromatic carbocycles. The Kier molecular flexibility index (Phi) is 5.96. The highest BCUT2D eigenvalue weighted by atomic mass is 32.2. The van der Waals surface area contributed by atoms with Crippen molar-refractivity contribution in [1.29, 1.82) is 0 Å². The molecule has 0 bridgehead atoms. The largest absolute Gasteiger partial charge is 0.394 e. The molecular weight excluding hydrogens is 270 g/mol. The third kappa shape index (κ3) is 5.47. The first-order chi connectivity index (χ1) is 8.29. The van der Waals surface area contributed by atoms with E-state index in [1.54, 1.807) is 11.8 Å². The predicted molar refractivity (Wildman–Crippen MR) is 77.8 cm³/mol. The Hall–Kier alpha value is 0.220. The minimum Gasteiger partial charge on any atom is -0.394 e. The summed E-state index contributed by atoms with van der Waals surface area (Å²) >= 11 is 1.62. The summed E-state index contributed by atoms with van der Waals surface area (Å²) in [6, 6.07) is 0.327. The van der Waals surface area contributed by atoms with Crippen LogP contribution in [-0.2, 0) is 9.84 Å². The molecule has 108 valence electrons. The molecule has 1 fully saturated rings. The Bertz CT molecular complexity index is 352. The van der Waals surface area contributed by atoms with Gasteiger partial charge in [-0.25, -0.2) is 8.42 Å². The summed E-state index contributed by atoms with van der Waals surface area (Å²) in [5, 5.41) is 13.2. The third-order valence-electron chi connectivity index (χ3n) is 3.18. The highest BCUT2D eigenvalue weighted by molar-refractivity contribution is 8.00. The highest BCUT2D eigenvalue weighted by Gasteiger charge is 2.44. The lowest BCUT2D eigenvalue weighted by atomic mass is 9.95. The van der Waals surface area contributed by atoms with Crippen molar-refractivity contribution in [2.45, 2.75) is 38.3 Å². The Labute approximate surface area is 115 Å². The normalized spacial score (nSPS) is 20.1. The second kappa shape index (κ2) is 6.59. The van der Waals surface area contributed by atoms with Gasteiger partial charge in [0.05, 0.1) is 17.9 Å². The van der Waals surface area contributed by atoms with Crippen molar-refractivity contribution < 1.29 is 13.5 Å². The van der Waals surface area contributed by atoms with Crippen LogP contribution in [0.3, 0.4) is 0 Å². The molecule has 0 amide bonds. The molecule has 1 aliphatic rings. The number of hydrogen-bond acceptors (Lipinski definition) is 5. The fraction of sp³-hybridized carbons (Fsp3) is 1.00. The summed E-state index contributed by atoms with van der Waals surface area (Å²) in [6.07, 6.45) is 3.58. The lowest BCUT2D eigenvalue weighted by Crippen LogP contribution is -2.55. The first-order valence-electron chi connectivity index (χ1n) is 6.43. The van der Waals surface area contributed by atoms with E-state index in [2.05, 4.69) is 19.2 Å². The number of thioether (sulfide) groups is 1. The standard InChI is InChI=1S/C12H25NO3S2/c1-10(2)13-12(8-14,11-4-5-11)9-17-6-7-18(3,15)16/h10-11,13-14H,4-9H2,1-3H3. The van der Waals surface area contributed by atoms with Gasteiger partial charge in [-0.1, -0.05) is 13.8 Å². The molecule has 4 nitrogen and oxygen atoms in total. The number of aliphatic hydroxyl groups excluding tert-OH is 1. The van der Waals surface area contributed by atoms with E-state index < -0.39 is 9.84 Å². The molecular formula is C12H25NO3S2. The maximum absolute atomic E-state index is 11.1. The molecule has 1 saturated carbocycles.